The molecule has 0 aliphatic heterocycles. The molecule has 88 valence electrons. The molecule has 1 rings (SSSR count). The predicted octanol–water partition coefficient (Wildman–Crippen LogP) is 2.36. The first-order chi connectivity index (χ1) is 7.10. The Morgan fingerprint density at radius 3 is 2.40 bits per heavy atom. The van der Waals surface area contributed by atoms with Crippen molar-refractivity contribution in [1.29, 1.82) is 0 Å². The zero-order valence-electron chi connectivity index (χ0n) is 10.1. The summed E-state index contributed by atoms with van der Waals surface area (Å²) in [7, 11) is 0. The summed E-state index contributed by atoms with van der Waals surface area (Å²) < 4.78 is 0. The van der Waals surface area contributed by atoms with Gasteiger partial charge in [0.05, 0.1) is 6.42 Å². The van der Waals surface area contributed by atoms with Crippen LogP contribution in [0.15, 0.2) is 0 Å². The molecule has 0 aromatic rings. The fourth-order valence-corrected chi connectivity index (χ4v) is 2.56. The fourth-order valence-electron chi connectivity index (χ4n) is 2.56. The number of carboxylic acids is 1. The molecule has 0 spiro atoms. The lowest BCUT2D eigenvalue weighted by Crippen LogP contribution is -2.43. The molecule has 15 heavy (non-hydrogen) atoms. The Morgan fingerprint density at radius 1 is 1.47 bits per heavy atom. The van der Waals surface area contributed by atoms with Gasteiger partial charge in [0.15, 0.2) is 0 Å². The lowest BCUT2D eigenvalue weighted by molar-refractivity contribution is -0.138. The van der Waals surface area contributed by atoms with Crippen LogP contribution in [-0.4, -0.2) is 34.6 Å². The van der Waals surface area contributed by atoms with Crippen LogP contribution in [0.25, 0.3) is 0 Å². The summed E-state index contributed by atoms with van der Waals surface area (Å²) in [6.45, 7) is 7.33. The Labute approximate surface area is 92.5 Å². The van der Waals surface area contributed by atoms with Crippen molar-refractivity contribution < 1.29 is 9.90 Å². The van der Waals surface area contributed by atoms with E-state index in [4.69, 9.17) is 5.11 Å². The van der Waals surface area contributed by atoms with Crippen LogP contribution < -0.4 is 0 Å². The number of carboxylic acid groups (broad SMARTS) is 1. The lowest BCUT2D eigenvalue weighted by atomic mass is 10.0. The molecule has 1 aliphatic carbocycles. The maximum absolute atomic E-state index is 10.7. The third kappa shape index (κ3) is 3.49. The Kier molecular flexibility index (Phi) is 4.58. The second-order valence-corrected chi connectivity index (χ2v) is 4.59. The van der Waals surface area contributed by atoms with Crippen LogP contribution in [-0.2, 0) is 4.79 Å². The standard InChI is InChI=1S/C12H23NO2/c1-4-11(10-6-7-10)13(5-2)9(3)8-12(14)15/h9-11H,4-8H2,1-3H3,(H,14,15). The summed E-state index contributed by atoms with van der Waals surface area (Å²) in [5.41, 5.74) is 0. The Balaban J connectivity index is 2.54. The minimum Gasteiger partial charge on any atom is -0.481 e. The molecule has 1 saturated carbocycles. The quantitative estimate of drug-likeness (QED) is 0.705. The van der Waals surface area contributed by atoms with Crippen molar-refractivity contribution in [2.45, 2.75) is 58.5 Å². The molecule has 0 saturated heterocycles. The summed E-state index contributed by atoms with van der Waals surface area (Å²) >= 11 is 0. The van der Waals surface area contributed by atoms with Gasteiger partial charge < -0.3 is 5.11 Å². The number of nitrogens with zero attached hydrogens (tertiary/aromatic N) is 1. The van der Waals surface area contributed by atoms with Crippen LogP contribution in [0.5, 0.6) is 0 Å². The summed E-state index contributed by atoms with van der Waals surface area (Å²) in [5.74, 6) is 0.137. The van der Waals surface area contributed by atoms with E-state index in [1.54, 1.807) is 0 Å². The molecule has 0 radical (unpaired) electrons. The molecular formula is C12H23NO2. The Morgan fingerprint density at radius 2 is 2.07 bits per heavy atom. The smallest absolute Gasteiger partial charge is 0.304 e. The fraction of sp³-hybridized carbons (Fsp3) is 0.917. The molecule has 1 fully saturated rings. The van der Waals surface area contributed by atoms with E-state index < -0.39 is 5.97 Å². The molecule has 0 bridgehead atoms. The monoisotopic (exact) mass is 213 g/mol. The molecule has 1 aliphatic rings. The largest absolute Gasteiger partial charge is 0.481 e. The number of carbonyl (C=O) groups is 1. The van der Waals surface area contributed by atoms with Gasteiger partial charge in [-0.2, -0.15) is 0 Å². The highest BCUT2D eigenvalue weighted by Crippen LogP contribution is 2.37. The highest BCUT2D eigenvalue weighted by molar-refractivity contribution is 5.67. The molecule has 0 amide bonds. The molecule has 1 N–H and O–H groups in total. The van der Waals surface area contributed by atoms with E-state index in [2.05, 4.69) is 18.7 Å². The van der Waals surface area contributed by atoms with Gasteiger partial charge in [0.25, 0.3) is 0 Å². The number of hydrogen-bond donors (Lipinski definition) is 1. The van der Waals surface area contributed by atoms with E-state index in [0.717, 1.165) is 18.9 Å². The van der Waals surface area contributed by atoms with Crippen molar-refractivity contribution in [3.05, 3.63) is 0 Å². The summed E-state index contributed by atoms with van der Waals surface area (Å²) in [5, 5.41) is 8.81. The molecule has 2 unspecified atom stereocenters. The van der Waals surface area contributed by atoms with Crippen LogP contribution in [0.1, 0.15) is 46.5 Å². The van der Waals surface area contributed by atoms with Gasteiger partial charge in [-0.3, -0.25) is 9.69 Å². The zero-order valence-corrected chi connectivity index (χ0v) is 10.1. The summed E-state index contributed by atoms with van der Waals surface area (Å²) in [4.78, 5) is 13.1. The van der Waals surface area contributed by atoms with Crippen molar-refractivity contribution in [3.63, 3.8) is 0 Å². The van der Waals surface area contributed by atoms with E-state index in [9.17, 15) is 4.79 Å². The normalized spacial score (nSPS) is 20.3. The number of aliphatic carboxylic acids is 1. The van der Waals surface area contributed by atoms with Crippen LogP contribution in [0.2, 0.25) is 0 Å². The molecular weight excluding hydrogens is 190 g/mol. The van der Waals surface area contributed by atoms with Gasteiger partial charge in [0.1, 0.15) is 0 Å². The highest BCUT2D eigenvalue weighted by atomic mass is 16.4. The molecule has 3 nitrogen and oxygen atoms in total. The van der Waals surface area contributed by atoms with Crippen LogP contribution >= 0.6 is 0 Å². The minimum absolute atomic E-state index is 0.165. The topological polar surface area (TPSA) is 40.5 Å². The summed E-state index contributed by atoms with van der Waals surface area (Å²) in [6, 6.07) is 0.766. The first-order valence-electron chi connectivity index (χ1n) is 6.07. The first-order valence-corrected chi connectivity index (χ1v) is 6.07. The van der Waals surface area contributed by atoms with E-state index in [1.165, 1.54) is 12.8 Å². The van der Waals surface area contributed by atoms with Gasteiger partial charge in [0.2, 0.25) is 0 Å². The van der Waals surface area contributed by atoms with Crippen molar-refractivity contribution in [2.75, 3.05) is 6.54 Å². The molecule has 2 atom stereocenters. The minimum atomic E-state index is -0.688. The van der Waals surface area contributed by atoms with Crippen LogP contribution in [0.3, 0.4) is 0 Å². The predicted molar refractivity (Wildman–Crippen MR) is 60.9 cm³/mol. The summed E-state index contributed by atoms with van der Waals surface area (Å²) in [6.07, 6.45) is 4.06. The van der Waals surface area contributed by atoms with Crippen molar-refractivity contribution in [1.82, 2.24) is 4.90 Å². The van der Waals surface area contributed by atoms with E-state index in [1.807, 2.05) is 6.92 Å². The Hall–Kier alpha value is -0.570. The maximum Gasteiger partial charge on any atom is 0.304 e. The number of hydrogen-bond acceptors (Lipinski definition) is 2. The van der Waals surface area contributed by atoms with Crippen molar-refractivity contribution in [2.24, 2.45) is 5.92 Å². The molecule has 0 aromatic carbocycles. The van der Waals surface area contributed by atoms with Gasteiger partial charge >= 0.3 is 5.97 Å². The van der Waals surface area contributed by atoms with E-state index in [-0.39, 0.29) is 12.5 Å². The van der Waals surface area contributed by atoms with Gasteiger partial charge in [-0.1, -0.05) is 13.8 Å². The third-order valence-corrected chi connectivity index (χ3v) is 3.41. The van der Waals surface area contributed by atoms with E-state index >= 15 is 0 Å². The van der Waals surface area contributed by atoms with Gasteiger partial charge in [-0.05, 0) is 38.6 Å². The van der Waals surface area contributed by atoms with Crippen molar-refractivity contribution in [3.8, 4) is 0 Å². The van der Waals surface area contributed by atoms with Crippen molar-refractivity contribution >= 4 is 5.97 Å². The number of rotatable bonds is 7. The van der Waals surface area contributed by atoms with E-state index in [0.29, 0.717) is 6.04 Å². The average Bonchev–Trinajstić information content (AvgIpc) is 2.95. The van der Waals surface area contributed by atoms with Crippen LogP contribution in [0.4, 0.5) is 0 Å². The Bertz CT molecular complexity index is 214. The second kappa shape index (κ2) is 5.50. The highest BCUT2D eigenvalue weighted by Gasteiger charge is 2.35. The SMILES string of the molecule is CCC(C1CC1)N(CC)C(C)CC(=O)O. The van der Waals surface area contributed by atoms with Gasteiger partial charge in [-0.15, -0.1) is 0 Å². The first kappa shape index (κ1) is 12.5. The second-order valence-electron chi connectivity index (χ2n) is 4.59. The lowest BCUT2D eigenvalue weighted by Gasteiger charge is -2.34. The molecule has 0 heterocycles. The third-order valence-electron chi connectivity index (χ3n) is 3.41. The van der Waals surface area contributed by atoms with Crippen LogP contribution in [0, 0.1) is 5.92 Å². The molecule has 0 aromatic heterocycles. The van der Waals surface area contributed by atoms with Gasteiger partial charge in [-0.25, -0.2) is 0 Å². The average molecular weight is 213 g/mol. The van der Waals surface area contributed by atoms with Gasteiger partial charge in [0, 0.05) is 12.1 Å². The maximum atomic E-state index is 10.7. The zero-order chi connectivity index (χ0) is 11.4. The molecule has 3 heteroatoms.